The van der Waals surface area contributed by atoms with Crippen molar-refractivity contribution in [3.63, 3.8) is 0 Å². The van der Waals surface area contributed by atoms with E-state index in [4.69, 9.17) is 18.9 Å². The van der Waals surface area contributed by atoms with Crippen LogP contribution in [0.5, 0.6) is 0 Å². The topological polar surface area (TPSA) is 57.2 Å². The first-order valence-corrected chi connectivity index (χ1v) is 12.4. The van der Waals surface area contributed by atoms with Gasteiger partial charge in [-0.1, -0.05) is 114 Å². The van der Waals surface area contributed by atoms with Crippen LogP contribution in [0, 0.1) is 0 Å². The molecule has 1 saturated heterocycles. The van der Waals surface area contributed by atoms with Gasteiger partial charge in [0.1, 0.15) is 18.3 Å². The molecule has 3 aromatic rings. The third kappa shape index (κ3) is 7.09. The van der Waals surface area contributed by atoms with E-state index in [9.17, 15) is 5.11 Å². The molecule has 0 unspecified atom stereocenters. The van der Waals surface area contributed by atoms with Crippen molar-refractivity contribution in [2.75, 3.05) is 6.61 Å². The van der Waals surface area contributed by atoms with Crippen LogP contribution in [0.4, 0.5) is 0 Å². The molecule has 0 radical (unpaired) electrons. The average Bonchev–Trinajstić information content (AvgIpc) is 2.86. The van der Waals surface area contributed by atoms with Crippen molar-refractivity contribution in [1.29, 1.82) is 0 Å². The summed E-state index contributed by atoms with van der Waals surface area (Å²) in [6, 6.07) is 30.0. The summed E-state index contributed by atoms with van der Waals surface area (Å²) in [5.74, 6) is 0. The molecule has 0 aromatic heterocycles. The minimum atomic E-state index is -0.965. The maximum atomic E-state index is 10.6. The maximum absolute atomic E-state index is 10.6. The lowest BCUT2D eigenvalue weighted by Crippen LogP contribution is -2.58. The van der Waals surface area contributed by atoms with E-state index < -0.39 is 18.5 Å². The van der Waals surface area contributed by atoms with Crippen molar-refractivity contribution < 1.29 is 24.1 Å². The molecule has 0 spiro atoms. The van der Waals surface area contributed by atoms with Crippen LogP contribution in [-0.4, -0.2) is 40.2 Å². The fourth-order valence-corrected chi connectivity index (χ4v) is 4.60. The average molecular weight is 560 g/mol. The zero-order chi connectivity index (χ0) is 22.9. The second kappa shape index (κ2) is 12.6. The Labute approximate surface area is 208 Å². The fraction of sp³-hybridized carbons (Fsp3) is 0.333. The van der Waals surface area contributed by atoms with Crippen molar-refractivity contribution >= 4 is 22.6 Å². The van der Waals surface area contributed by atoms with E-state index in [-0.39, 0.29) is 10.0 Å². The predicted octanol–water partition coefficient (Wildman–Crippen LogP) is 4.89. The second-order valence-electron chi connectivity index (χ2n) is 8.03. The molecule has 1 heterocycles. The monoisotopic (exact) mass is 560 g/mol. The SMILES string of the molecule is O[C@@H]1O[C@H](COCc2ccccc2)[C@@H](OCc2ccccc2)[C@@H](OCc2ccccc2)[C@H]1I. The molecule has 4 rings (SSSR count). The van der Waals surface area contributed by atoms with E-state index in [0.29, 0.717) is 26.4 Å². The number of benzene rings is 3. The Hall–Kier alpha value is -1.81. The first-order valence-electron chi connectivity index (χ1n) is 11.1. The number of aliphatic hydroxyl groups is 1. The lowest BCUT2D eigenvalue weighted by Gasteiger charge is -2.42. The van der Waals surface area contributed by atoms with E-state index >= 15 is 0 Å². The molecule has 0 bridgehead atoms. The Morgan fingerprint density at radius 3 is 1.64 bits per heavy atom. The van der Waals surface area contributed by atoms with Crippen LogP contribution in [0.2, 0.25) is 0 Å². The van der Waals surface area contributed by atoms with Crippen LogP contribution in [0.1, 0.15) is 16.7 Å². The Balaban J connectivity index is 1.46. The summed E-state index contributed by atoms with van der Waals surface area (Å²) in [5.41, 5.74) is 3.22. The molecule has 6 heteroatoms. The van der Waals surface area contributed by atoms with Crippen LogP contribution in [0.15, 0.2) is 91.0 Å². The zero-order valence-corrected chi connectivity index (χ0v) is 20.5. The Morgan fingerprint density at radius 2 is 1.12 bits per heavy atom. The summed E-state index contributed by atoms with van der Waals surface area (Å²) in [6.45, 7) is 1.61. The van der Waals surface area contributed by atoms with Crippen molar-refractivity contribution in [3.05, 3.63) is 108 Å². The van der Waals surface area contributed by atoms with Gasteiger partial charge < -0.3 is 24.1 Å². The van der Waals surface area contributed by atoms with Crippen LogP contribution in [0.3, 0.4) is 0 Å². The maximum Gasteiger partial charge on any atom is 0.169 e. The van der Waals surface area contributed by atoms with Gasteiger partial charge in [-0.05, 0) is 16.7 Å². The molecule has 5 atom stereocenters. The lowest BCUT2D eigenvalue weighted by atomic mass is 10.0. The molecule has 0 aliphatic carbocycles. The molecule has 33 heavy (non-hydrogen) atoms. The molecule has 1 aliphatic rings. The molecule has 1 fully saturated rings. The summed E-state index contributed by atoms with van der Waals surface area (Å²) in [5, 5.41) is 10.6. The molecule has 174 valence electrons. The van der Waals surface area contributed by atoms with Crippen molar-refractivity contribution in [2.45, 2.75) is 48.3 Å². The smallest absolute Gasteiger partial charge is 0.169 e. The highest BCUT2D eigenvalue weighted by Crippen LogP contribution is 2.31. The summed E-state index contributed by atoms with van der Waals surface area (Å²) in [7, 11) is 0. The molecule has 3 aromatic carbocycles. The zero-order valence-electron chi connectivity index (χ0n) is 18.3. The molecule has 1 N–H and O–H groups in total. The molecule has 0 amide bonds. The van der Waals surface area contributed by atoms with Gasteiger partial charge in [-0.3, -0.25) is 0 Å². The lowest BCUT2D eigenvalue weighted by molar-refractivity contribution is -0.258. The first-order chi connectivity index (χ1) is 16.2. The summed E-state index contributed by atoms with van der Waals surface area (Å²) in [4.78, 5) is 0. The second-order valence-corrected chi connectivity index (χ2v) is 9.47. The van der Waals surface area contributed by atoms with Crippen LogP contribution in [-0.2, 0) is 38.8 Å². The van der Waals surface area contributed by atoms with Gasteiger partial charge in [-0.15, -0.1) is 0 Å². The number of rotatable bonds is 10. The van der Waals surface area contributed by atoms with Gasteiger partial charge in [0.25, 0.3) is 0 Å². The van der Waals surface area contributed by atoms with E-state index in [1.54, 1.807) is 0 Å². The van der Waals surface area contributed by atoms with Crippen molar-refractivity contribution in [2.24, 2.45) is 0 Å². The van der Waals surface area contributed by atoms with Gasteiger partial charge in [0.15, 0.2) is 6.29 Å². The number of hydrogen-bond acceptors (Lipinski definition) is 5. The standard InChI is InChI=1S/C27H29IO5/c28-24-26(32-18-22-14-8-3-9-15-22)25(31-17-21-12-6-2-7-13-21)23(33-27(24)29)19-30-16-20-10-4-1-5-11-20/h1-15,23-27,29H,16-19H2/t23-,24-,25-,26+,27-/m1/s1. The summed E-state index contributed by atoms with van der Waals surface area (Å²) in [6.07, 6.45) is -2.17. The van der Waals surface area contributed by atoms with Gasteiger partial charge in [0.05, 0.1) is 30.4 Å². The van der Waals surface area contributed by atoms with E-state index in [1.165, 1.54) is 0 Å². The number of ether oxygens (including phenoxy) is 4. The predicted molar refractivity (Wildman–Crippen MR) is 135 cm³/mol. The fourth-order valence-electron chi connectivity index (χ4n) is 3.81. The number of hydrogen-bond donors (Lipinski definition) is 1. The van der Waals surface area contributed by atoms with Crippen LogP contribution >= 0.6 is 22.6 Å². The van der Waals surface area contributed by atoms with Crippen molar-refractivity contribution in [1.82, 2.24) is 0 Å². The van der Waals surface area contributed by atoms with Gasteiger partial charge in [0, 0.05) is 0 Å². The third-order valence-electron chi connectivity index (χ3n) is 5.55. The number of aliphatic hydroxyl groups excluding tert-OH is 1. The van der Waals surface area contributed by atoms with Gasteiger partial charge in [-0.2, -0.15) is 0 Å². The minimum Gasteiger partial charge on any atom is -0.374 e. The normalized spacial score (nSPS) is 25.1. The molecular weight excluding hydrogens is 531 g/mol. The van der Waals surface area contributed by atoms with E-state index in [0.717, 1.165) is 16.7 Å². The molecular formula is C27H29IO5. The van der Waals surface area contributed by atoms with E-state index in [1.807, 2.05) is 91.0 Å². The summed E-state index contributed by atoms with van der Waals surface area (Å²) < 4.78 is 24.3. The quantitative estimate of drug-likeness (QED) is 0.283. The highest BCUT2D eigenvalue weighted by molar-refractivity contribution is 14.1. The van der Waals surface area contributed by atoms with Gasteiger partial charge in [0.2, 0.25) is 0 Å². The number of alkyl halides is 1. The molecule has 1 aliphatic heterocycles. The van der Waals surface area contributed by atoms with Gasteiger partial charge >= 0.3 is 0 Å². The van der Waals surface area contributed by atoms with E-state index in [2.05, 4.69) is 22.6 Å². The summed E-state index contributed by atoms with van der Waals surface area (Å²) >= 11 is 2.19. The molecule has 0 saturated carbocycles. The Morgan fingerprint density at radius 1 is 0.667 bits per heavy atom. The highest BCUT2D eigenvalue weighted by atomic mass is 127. The third-order valence-corrected chi connectivity index (χ3v) is 6.88. The van der Waals surface area contributed by atoms with Crippen LogP contribution in [0.25, 0.3) is 0 Å². The van der Waals surface area contributed by atoms with Crippen molar-refractivity contribution in [3.8, 4) is 0 Å². The Bertz CT molecular complexity index is 941. The molecule has 5 nitrogen and oxygen atoms in total. The van der Waals surface area contributed by atoms with Gasteiger partial charge in [-0.25, -0.2) is 0 Å². The highest BCUT2D eigenvalue weighted by Gasteiger charge is 2.46. The Kier molecular flexibility index (Phi) is 9.28. The first kappa shape index (κ1) is 24.3. The number of halogens is 1. The van der Waals surface area contributed by atoms with Crippen LogP contribution < -0.4 is 0 Å². The largest absolute Gasteiger partial charge is 0.374 e. The minimum absolute atomic E-state index is 0.280.